The minimum atomic E-state index is 0.125. The van der Waals surface area contributed by atoms with Crippen molar-refractivity contribution in [2.45, 2.75) is 58.9 Å². The summed E-state index contributed by atoms with van der Waals surface area (Å²) in [6.07, 6.45) is 5.25. The SMILES string of the molecule is Cc1cc(C(C)(C)C)cc(C)c1CC(N)Cc1ccoc1. The molecule has 0 amide bonds. The topological polar surface area (TPSA) is 39.2 Å². The molecule has 1 aromatic heterocycles. The smallest absolute Gasteiger partial charge is 0.0935 e. The van der Waals surface area contributed by atoms with Gasteiger partial charge in [0, 0.05) is 6.04 Å². The molecule has 2 nitrogen and oxygen atoms in total. The van der Waals surface area contributed by atoms with Crippen LogP contribution < -0.4 is 5.73 Å². The standard InChI is InChI=1S/C19H27NO/c1-13-8-16(19(3,4)5)9-14(2)18(13)11-17(20)10-15-6-7-21-12-15/h6-9,12,17H,10-11,20H2,1-5H3. The maximum atomic E-state index is 6.32. The lowest BCUT2D eigenvalue weighted by molar-refractivity contribution is 0.559. The number of benzene rings is 1. The van der Waals surface area contributed by atoms with Crippen molar-refractivity contribution < 1.29 is 4.42 Å². The van der Waals surface area contributed by atoms with Gasteiger partial charge in [0.2, 0.25) is 0 Å². The first-order valence-electron chi connectivity index (χ1n) is 7.64. The molecule has 21 heavy (non-hydrogen) atoms. The van der Waals surface area contributed by atoms with Gasteiger partial charge in [0.05, 0.1) is 12.5 Å². The molecule has 0 fully saturated rings. The second-order valence-electron chi connectivity index (χ2n) is 7.14. The Balaban J connectivity index is 2.17. The Morgan fingerprint density at radius 2 is 1.71 bits per heavy atom. The van der Waals surface area contributed by atoms with E-state index in [1.807, 2.05) is 6.07 Å². The van der Waals surface area contributed by atoms with Crippen molar-refractivity contribution in [1.29, 1.82) is 0 Å². The van der Waals surface area contributed by atoms with Crippen LogP contribution in [0.15, 0.2) is 35.1 Å². The molecular weight excluding hydrogens is 258 g/mol. The van der Waals surface area contributed by atoms with Crippen LogP contribution in [0.1, 0.15) is 48.6 Å². The summed E-state index contributed by atoms with van der Waals surface area (Å²) >= 11 is 0. The fourth-order valence-electron chi connectivity index (χ4n) is 2.79. The minimum Gasteiger partial charge on any atom is -0.472 e. The molecule has 0 bridgehead atoms. The van der Waals surface area contributed by atoms with E-state index in [-0.39, 0.29) is 11.5 Å². The van der Waals surface area contributed by atoms with E-state index in [1.165, 1.54) is 27.8 Å². The van der Waals surface area contributed by atoms with Crippen molar-refractivity contribution >= 4 is 0 Å². The number of hydrogen-bond donors (Lipinski definition) is 1. The average molecular weight is 285 g/mol. The van der Waals surface area contributed by atoms with Gasteiger partial charge in [-0.3, -0.25) is 0 Å². The van der Waals surface area contributed by atoms with E-state index in [9.17, 15) is 0 Å². The van der Waals surface area contributed by atoms with Crippen LogP contribution in [0.25, 0.3) is 0 Å². The summed E-state index contributed by atoms with van der Waals surface area (Å²) in [5.41, 5.74) is 13.2. The van der Waals surface area contributed by atoms with Crippen molar-refractivity contribution in [3.63, 3.8) is 0 Å². The van der Waals surface area contributed by atoms with Crippen molar-refractivity contribution in [3.05, 3.63) is 58.5 Å². The predicted molar refractivity (Wildman–Crippen MR) is 88.7 cm³/mol. The number of rotatable bonds is 4. The summed E-state index contributed by atoms with van der Waals surface area (Å²) in [5.74, 6) is 0. The first-order chi connectivity index (χ1) is 9.77. The Morgan fingerprint density at radius 3 is 2.19 bits per heavy atom. The summed E-state index contributed by atoms with van der Waals surface area (Å²) < 4.78 is 5.11. The number of aryl methyl sites for hydroxylation is 2. The third-order valence-electron chi connectivity index (χ3n) is 4.11. The molecule has 0 aliphatic rings. The summed E-state index contributed by atoms with van der Waals surface area (Å²) in [5, 5.41) is 0. The van der Waals surface area contributed by atoms with Crippen molar-refractivity contribution in [2.75, 3.05) is 0 Å². The van der Waals surface area contributed by atoms with E-state index in [1.54, 1.807) is 12.5 Å². The molecular formula is C19H27NO. The molecule has 0 aliphatic carbocycles. The van der Waals surface area contributed by atoms with E-state index in [0.29, 0.717) is 0 Å². The molecule has 1 heterocycles. The number of hydrogen-bond acceptors (Lipinski definition) is 2. The maximum Gasteiger partial charge on any atom is 0.0935 e. The molecule has 114 valence electrons. The van der Waals surface area contributed by atoms with Crippen LogP contribution in [0, 0.1) is 13.8 Å². The Bertz CT molecular complexity index is 568. The van der Waals surface area contributed by atoms with Crippen LogP contribution in [-0.2, 0) is 18.3 Å². The quantitative estimate of drug-likeness (QED) is 0.909. The van der Waals surface area contributed by atoms with E-state index in [0.717, 1.165) is 12.8 Å². The summed E-state index contributed by atoms with van der Waals surface area (Å²) in [6.45, 7) is 11.2. The van der Waals surface area contributed by atoms with Gasteiger partial charge in [0.15, 0.2) is 0 Å². The first kappa shape index (κ1) is 15.8. The number of nitrogens with two attached hydrogens (primary N) is 1. The van der Waals surface area contributed by atoms with Crippen molar-refractivity contribution in [1.82, 2.24) is 0 Å². The average Bonchev–Trinajstić information content (AvgIpc) is 2.85. The highest BCUT2D eigenvalue weighted by atomic mass is 16.3. The lowest BCUT2D eigenvalue weighted by atomic mass is 9.82. The maximum absolute atomic E-state index is 6.32. The summed E-state index contributed by atoms with van der Waals surface area (Å²) in [6, 6.07) is 6.74. The van der Waals surface area contributed by atoms with Crippen molar-refractivity contribution in [2.24, 2.45) is 5.73 Å². The molecule has 1 atom stereocenters. The highest BCUT2D eigenvalue weighted by Crippen LogP contribution is 2.27. The van der Waals surface area contributed by atoms with Gasteiger partial charge in [-0.2, -0.15) is 0 Å². The second-order valence-corrected chi connectivity index (χ2v) is 7.14. The third-order valence-corrected chi connectivity index (χ3v) is 4.11. The molecule has 0 saturated heterocycles. The van der Waals surface area contributed by atoms with E-state index >= 15 is 0 Å². The lowest BCUT2D eigenvalue weighted by Crippen LogP contribution is -2.26. The van der Waals surface area contributed by atoms with Gasteiger partial charge >= 0.3 is 0 Å². The van der Waals surface area contributed by atoms with E-state index in [4.69, 9.17) is 10.2 Å². The molecule has 2 rings (SSSR count). The van der Waals surface area contributed by atoms with Gasteiger partial charge in [-0.05, 0) is 66.0 Å². The minimum absolute atomic E-state index is 0.125. The summed E-state index contributed by atoms with van der Waals surface area (Å²) in [7, 11) is 0. The highest BCUT2D eigenvalue weighted by molar-refractivity contribution is 5.41. The zero-order valence-electron chi connectivity index (χ0n) is 13.9. The Morgan fingerprint density at radius 1 is 1.10 bits per heavy atom. The van der Waals surface area contributed by atoms with E-state index in [2.05, 4.69) is 46.8 Å². The van der Waals surface area contributed by atoms with Crippen LogP contribution in [0.2, 0.25) is 0 Å². The third kappa shape index (κ3) is 3.98. The summed E-state index contributed by atoms with van der Waals surface area (Å²) in [4.78, 5) is 0. The second kappa shape index (κ2) is 6.07. The molecule has 0 saturated carbocycles. The molecule has 1 unspecified atom stereocenters. The van der Waals surface area contributed by atoms with Crippen LogP contribution in [0.3, 0.4) is 0 Å². The Labute approximate surface area is 128 Å². The van der Waals surface area contributed by atoms with Crippen LogP contribution in [0.4, 0.5) is 0 Å². The van der Waals surface area contributed by atoms with Gasteiger partial charge < -0.3 is 10.2 Å². The van der Waals surface area contributed by atoms with Gasteiger partial charge in [-0.1, -0.05) is 32.9 Å². The molecule has 2 heteroatoms. The molecule has 1 aromatic carbocycles. The van der Waals surface area contributed by atoms with Crippen molar-refractivity contribution in [3.8, 4) is 0 Å². The predicted octanol–water partition coefficient (Wildman–Crippen LogP) is 4.31. The monoisotopic (exact) mass is 285 g/mol. The zero-order chi connectivity index (χ0) is 15.6. The van der Waals surface area contributed by atoms with Crippen LogP contribution in [0.5, 0.6) is 0 Å². The molecule has 2 N–H and O–H groups in total. The first-order valence-corrected chi connectivity index (χ1v) is 7.64. The highest BCUT2D eigenvalue weighted by Gasteiger charge is 2.17. The van der Waals surface area contributed by atoms with Gasteiger partial charge in [-0.25, -0.2) is 0 Å². The molecule has 0 aliphatic heterocycles. The molecule has 2 aromatic rings. The largest absolute Gasteiger partial charge is 0.472 e. The molecule has 0 radical (unpaired) electrons. The van der Waals surface area contributed by atoms with Gasteiger partial charge in [0.25, 0.3) is 0 Å². The zero-order valence-corrected chi connectivity index (χ0v) is 13.9. The van der Waals surface area contributed by atoms with Crippen LogP contribution >= 0.6 is 0 Å². The lowest BCUT2D eigenvalue weighted by Gasteiger charge is -2.23. The fourth-order valence-corrected chi connectivity index (χ4v) is 2.79. The number of furan rings is 1. The van der Waals surface area contributed by atoms with Gasteiger partial charge in [0.1, 0.15) is 0 Å². The normalized spacial score (nSPS) is 13.4. The molecule has 0 spiro atoms. The fraction of sp³-hybridized carbons (Fsp3) is 0.474. The van der Waals surface area contributed by atoms with Crippen LogP contribution in [-0.4, -0.2) is 6.04 Å². The van der Waals surface area contributed by atoms with E-state index < -0.39 is 0 Å². The Kier molecular flexibility index (Phi) is 4.58. The van der Waals surface area contributed by atoms with Gasteiger partial charge in [-0.15, -0.1) is 0 Å². The Hall–Kier alpha value is -1.54.